The molecule has 0 atom stereocenters. The van der Waals surface area contributed by atoms with Crippen molar-refractivity contribution in [2.24, 2.45) is 0 Å². The molecule has 0 radical (unpaired) electrons. The Morgan fingerprint density at radius 1 is 1.28 bits per heavy atom. The quantitative estimate of drug-likeness (QED) is 0.924. The van der Waals surface area contributed by atoms with Gasteiger partial charge in [-0.05, 0) is 36.2 Å². The highest BCUT2D eigenvalue weighted by Crippen LogP contribution is 2.12. The topological polar surface area (TPSA) is 54.9 Å². The maximum Gasteiger partial charge on any atom is 0.276 e. The molecule has 2 aromatic rings. The lowest BCUT2D eigenvalue weighted by molar-refractivity contribution is 0.102. The van der Waals surface area contributed by atoms with Crippen LogP contribution in [0.4, 0.5) is 5.69 Å². The number of hydrogen-bond acceptors (Lipinski definition) is 3. The van der Waals surface area contributed by atoms with Crippen LogP contribution in [-0.4, -0.2) is 16.1 Å². The molecule has 0 aliphatic heterocycles. The van der Waals surface area contributed by atoms with Gasteiger partial charge in [-0.1, -0.05) is 30.7 Å². The van der Waals surface area contributed by atoms with Crippen LogP contribution in [-0.2, 0) is 6.42 Å². The maximum atomic E-state index is 11.9. The third-order valence-corrected chi connectivity index (χ3v) is 2.66. The van der Waals surface area contributed by atoms with Crippen molar-refractivity contribution >= 4 is 23.2 Å². The van der Waals surface area contributed by atoms with E-state index in [0.717, 1.165) is 17.7 Å². The number of carbonyl (C=O) groups excluding carboxylic acids is 1. The maximum absolute atomic E-state index is 11.9. The monoisotopic (exact) mass is 261 g/mol. The molecule has 1 aromatic carbocycles. The van der Waals surface area contributed by atoms with Crippen molar-refractivity contribution < 1.29 is 4.79 Å². The largest absolute Gasteiger partial charge is 0.321 e. The van der Waals surface area contributed by atoms with Gasteiger partial charge in [-0.25, -0.2) is 0 Å². The number of nitrogens with one attached hydrogen (secondary N) is 1. The number of nitrogens with zero attached hydrogens (tertiary/aromatic N) is 2. The molecule has 0 aliphatic rings. The van der Waals surface area contributed by atoms with E-state index in [-0.39, 0.29) is 16.8 Å². The Kier molecular flexibility index (Phi) is 3.89. The van der Waals surface area contributed by atoms with Gasteiger partial charge < -0.3 is 5.32 Å². The standard InChI is InChI=1S/C13H12ClN3O/c1-2-9-4-3-5-10(8-9)15-13(18)11-6-7-12(14)17-16-11/h3-8H,2H2,1H3,(H,15,18). The third kappa shape index (κ3) is 3.05. The number of halogens is 1. The number of rotatable bonds is 3. The van der Waals surface area contributed by atoms with Gasteiger partial charge in [0.2, 0.25) is 0 Å². The molecule has 4 nitrogen and oxygen atoms in total. The first-order valence-corrected chi connectivity index (χ1v) is 5.96. The number of amides is 1. The Morgan fingerprint density at radius 2 is 2.11 bits per heavy atom. The van der Waals surface area contributed by atoms with Crippen LogP contribution in [0, 0.1) is 0 Å². The number of benzene rings is 1. The van der Waals surface area contributed by atoms with Crippen LogP contribution in [0.15, 0.2) is 36.4 Å². The van der Waals surface area contributed by atoms with Gasteiger partial charge in [0.05, 0.1) is 0 Å². The minimum absolute atomic E-state index is 0.237. The van der Waals surface area contributed by atoms with Crippen LogP contribution in [0.1, 0.15) is 23.0 Å². The lowest BCUT2D eigenvalue weighted by Gasteiger charge is -2.05. The average molecular weight is 262 g/mol. The highest BCUT2D eigenvalue weighted by molar-refractivity contribution is 6.29. The van der Waals surface area contributed by atoms with Crippen LogP contribution in [0.5, 0.6) is 0 Å². The molecule has 0 aliphatic carbocycles. The molecule has 1 N–H and O–H groups in total. The Hall–Kier alpha value is -1.94. The van der Waals surface area contributed by atoms with Crippen molar-refractivity contribution in [3.05, 3.63) is 52.8 Å². The van der Waals surface area contributed by atoms with E-state index in [4.69, 9.17) is 11.6 Å². The second kappa shape index (κ2) is 5.60. The van der Waals surface area contributed by atoms with E-state index < -0.39 is 0 Å². The van der Waals surface area contributed by atoms with Gasteiger partial charge in [-0.3, -0.25) is 4.79 Å². The Morgan fingerprint density at radius 3 is 2.78 bits per heavy atom. The first kappa shape index (κ1) is 12.5. The average Bonchev–Trinajstić information content (AvgIpc) is 2.39. The molecule has 1 aromatic heterocycles. The molecule has 1 amide bonds. The summed E-state index contributed by atoms with van der Waals surface area (Å²) >= 11 is 5.61. The van der Waals surface area contributed by atoms with Crippen molar-refractivity contribution in [3.8, 4) is 0 Å². The van der Waals surface area contributed by atoms with E-state index in [1.54, 1.807) is 0 Å². The molecule has 0 saturated heterocycles. The summed E-state index contributed by atoms with van der Waals surface area (Å²) in [6.45, 7) is 2.06. The van der Waals surface area contributed by atoms with Crippen LogP contribution in [0.2, 0.25) is 5.15 Å². The van der Waals surface area contributed by atoms with Gasteiger partial charge >= 0.3 is 0 Å². The molecule has 0 unspecified atom stereocenters. The van der Waals surface area contributed by atoms with Gasteiger partial charge in [-0.15, -0.1) is 10.2 Å². The Labute approximate surface area is 110 Å². The molecule has 1 heterocycles. The fraction of sp³-hybridized carbons (Fsp3) is 0.154. The molecule has 18 heavy (non-hydrogen) atoms. The van der Waals surface area contributed by atoms with Crippen LogP contribution >= 0.6 is 11.6 Å². The summed E-state index contributed by atoms with van der Waals surface area (Å²) in [6, 6.07) is 10.8. The van der Waals surface area contributed by atoms with Gasteiger partial charge in [0, 0.05) is 5.69 Å². The van der Waals surface area contributed by atoms with E-state index in [1.807, 2.05) is 24.3 Å². The summed E-state index contributed by atoms with van der Waals surface area (Å²) in [5.41, 5.74) is 2.15. The SMILES string of the molecule is CCc1cccc(NC(=O)c2ccc(Cl)nn2)c1. The molecule has 2 rings (SSSR count). The van der Waals surface area contributed by atoms with E-state index in [1.165, 1.54) is 12.1 Å². The van der Waals surface area contributed by atoms with Gasteiger partial charge in [-0.2, -0.15) is 0 Å². The fourth-order valence-corrected chi connectivity index (χ4v) is 1.60. The minimum Gasteiger partial charge on any atom is -0.321 e. The molecular formula is C13H12ClN3O. The van der Waals surface area contributed by atoms with E-state index in [9.17, 15) is 4.79 Å². The van der Waals surface area contributed by atoms with E-state index in [2.05, 4.69) is 22.4 Å². The minimum atomic E-state index is -0.299. The summed E-state index contributed by atoms with van der Waals surface area (Å²) in [5, 5.41) is 10.4. The van der Waals surface area contributed by atoms with Gasteiger partial charge in [0.25, 0.3) is 5.91 Å². The van der Waals surface area contributed by atoms with Crippen molar-refractivity contribution in [1.29, 1.82) is 0 Å². The highest BCUT2D eigenvalue weighted by atomic mass is 35.5. The summed E-state index contributed by atoms with van der Waals surface area (Å²) in [4.78, 5) is 11.9. The number of aromatic nitrogens is 2. The summed E-state index contributed by atoms with van der Waals surface area (Å²) in [5.74, 6) is -0.299. The van der Waals surface area contributed by atoms with Gasteiger partial charge in [0.1, 0.15) is 0 Å². The smallest absolute Gasteiger partial charge is 0.276 e. The molecule has 0 bridgehead atoms. The van der Waals surface area contributed by atoms with Gasteiger partial charge in [0.15, 0.2) is 10.8 Å². The predicted molar refractivity (Wildman–Crippen MR) is 70.8 cm³/mol. The van der Waals surface area contributed by atoms with Crippen molar-refractivity contribution in [2.75, 3.05) is 5.32 Å². The zero-order chi connectivity index (χ0) is 13.0. The molecular weight excluding hydrogens is 250 g/mol. The predicted octanol–water partition coefficient (Wildman–Crippen LogP) is 2.94. The second-order valence-electron chi connectivity index (χ2n) is 3.75. The van der Waals surface area contributed by atoms with Crippen LogP contribution in [0.3, 0.4) is 0 Å². The van der Waals surface area contributed by atoms with Crippen molar-refractivity contribution in [2.45, 2.75) is 13.3 Å². The number of aryl methyl sites for hydroxylation is 1. The first-order chi connectivity index (χ1) is 8.69. The molecule has 92 valence electrons. The zero-order valence-corrected chi connectivity index (χ0v) is 10.6. The van der Waals surface area contributed by atoms with E-state index >= 15 is 0 Å². The molecule has 0 saturated carbocycles. The number of carbonyl (C=O) groups is 1. The Balaban J connectivity index is 2.13. The summed E-state index contributed by atoms with van der Waals surface area (Å²) in [7, 11) is 0. The van der Waals surface area contributed by atoms with E-state index in [0.29, 0.717) is 0 Å². The summed E-state index contributed by atoms with van der Waals surface area (Å²) in [6.07, 6.45) is 0.921. The normalized spacial score (nSPS) is 10.1. The lowest BCUT2D eigenvalue weighted by atomic mass is 10.1. The fourth-order valence-electron chi connectivity index (χ4n) is 1.50. The first-order valence-electron chi connectivity index (χ1n) is 5.58. The number of hydrogen-bond donors (Lipinski definition) is 1. The third-order valence-electron chi connectivity index (χ3n) is 2.46. The van der Waals surface area contributed by atoms with Crippen molar-refractivity contribution in [1.82, 2.24) is 10.2 Å². The molecule has 0 spiro atoms. The molecule has 0 fully saturated rings. The Bertz CT molecular complexity index is 554. The lowest BCUT2D eigenvalue weighted by Crippen LogP contribution is -2.14. The number of anilines is 1. The molecule has 5 heteroatoms. The highest BCUT2D eigenvalue weighted by Gasteiger charge is 2.08. The van der Waals surface area contributed by atoms with Crippen molar-refractivity contribution in [3.63, 3.8) is 0 Å². The van der Waals surface area contributed by atoms with Crippen LogP contribution in [0.25, 0.3) is 0 Å². The zero-order valence-electron chi connectivity index (χ0n) is 9.85. The summed E-state index contributed by atoms with van der Waals surface area (Å²) < 4.78 is 0. The second-order valence-corrected chi connectivity index (χ2v) is 4.14. The van der Waals surface area contributed by atoms with Crippen LogP contribution < -0.4 is 5.32 Å².